The summed E-state index contributed by atoms with van der Waals surface area (Å²) in [4.78, 5) is 52.2. The van der Waals surface area contributed by atoms with Crippen LogP contribution in [0.4, 0.5) is 11.4 Å². The van der Waals surface area contributed by atoms with Gasteiger partial charge in [0.15, 0.2) is 23.0 Å². The number of fused-ring (bicyclic) bond motifs is 4. The average molecular weight is 849 g/mol. The smallest absolute Gasteiger partial charge is 0.260 e. The van der Waals surface area contributed by atoms with Gasteiger partial charge >= 0.3 is 0 Å². The van der Waals surface area contributed by atoms with E-state index in [9.17, 15) is 14.4 Å². The van der Waals surface area contributed by atoms with Crippen LogP contribution in [0.2, 0.25) is 0 Å². The lowest BCUT2D eigenvalue weighted by molar-refractivity contribution is -0.117. The second-order valence-corrected chi connectivity index (χ2v) is 14.8. The molecule has 3 atom stereocenters. The minimum atomic E-state index is -0.213. The molecule has 58 heavy (non-hydrogen) atoms. The van der Waals surface area contributed by atoms with Crippen LogP contribution in [0, 0.1) is 5.92 Å². The Hall–Kier alpha value is -6.15. The van der Waals surface area contributed by atoms with E-state index in [2.05, 4.69) is 27.3 Å². The lowest BCUT2D eigenvalue weighted by Gasteiger charge is -2.19. The zero-order valence-corrected chi connectivity index (χ0v) is 33.9. The summed E-state index contributed by atoms with van der Waals surface area (Å²) in [7, 11) is 4.71. The van der Waals surface area contributed by atoms with Gasteiger partial charge in [0.1, 0.15) is 5.75 Å². The second-order valence-electron chi connectivity index (χ2n) is 14.2. The zero-order chi connectivity index (χ0) is 40.3. The molecule has 0 spiro atoms. The van der Waals surface area contributed by atoms with Gasteiger partial charge in [0.25, 0.3) is 11.8 Å². The fourth-order valence-corrected chi connectivity index (χ4v) is 7.77. The van der Waals surface area contributed by atoms with Crippen LogP contribution in [0.5, 0.6) is 28.7 Å². The number of aliphatic imine (C=N–C) groups is 2. The number of carbonyl (C=O) groups is 3. The summed E-state index contributed by atoms with van der Waals surface area (Å²) in [6.07, 6.45) is 16.0. The van der Waals surface area contributed by atoms with Crippen LogP contribution < -0.4 is 29.0 Å². The number of hydrogen-bond donors (Lipinski definition) is 1. The van der Waals surface area contributed by atoms with E-state index in [4.69, 9.17) is 33.7 Å². The number of nitrogens with zero attached hydrogens (tertiary/aromatic N) is 4. The van der Waals surface area contributed by atoms with Crippen molar-refractivity contribution in [3.05, 3.63) is 107 Å². The highest BCUT2D eigenvalue weighted by atomic mass is 79.9. The highest BCUT2D eigenvalue weighted by Gasteiger charge is 2.36. The van der Waals surface area contributed by atoms with E-state index < -0.39 is 0 Å². The van der Waals surface area contributed by atoms with Gasteiger partial charge in [0, 0.05) is 61.4 Å². The zero-order valence-electron chi connectivity index (χ0n) is 32.3. The minimum absolute atomic E-state index is 0.102. The van der Waals surface area contributed by atoms with Crippen LogP contribution in [0.3, 0.4) is 0 Å². The van der Waals surface area contributed by atoms with Gasteiger partial charge in [-0.3, -0.25) is 24.4 Å². The first-order chi connectivity index (χ1) is 28.3. The van der Waals surface area contributed by atoms with Crippen LogP contribution in [-0.4, -0.2) is 91.9 Å². The Kier molecular flexibility index (Phi) is 11.2. The van der Waals surface area contributed by atoms with E-state index in [1.54, 1.807) is 41.2 Å². The third kappa shape index (κ3) is 7.76. The molecule has 5 aliphatic rings. The Morgan fingerprint density at radius 1 is 0.793 bits per heavy atom. The summed E-state index contributed by atoms with van der Waals surface area (Å²) in [6.45, 7) is 0.589. The number of rotatable bonds is 13. The lowest BCUT2D eigenvalue weighted by Crippen LogP contribution is -2.32. The molecule has 0 saturated heterocycles. The average Bonchev–Trinajstić information content (AvgIpc) is 3.83. The van der Waals surface area contributed by atoms with E-state index in [1.165, 1.54) is 14.2 Å². The molecule has 0 bridgehead atoms. The van der Waals surface area contributed by atoms with Crippen molar-refractivity contribution in [1.82, 2.24) is 15.1 Å². The second kappa shape index (κ2) is 16.8. The number of ether oxygens (including phenoxy) is 5. The van der Waals surface area contributed by atoms with Crippen LogP contribution in [0.1, 0.15) is 52.0 Å². The lowest BCUT2D eigenvalue weighted by atomic mass is 9.90. The molecule has 8 rings (SSSR count). The van der Waals surface area contributed by atoms with E-state index >= 15 is 0 Å². The minimum Gasteiger partial charge on any atom is -0.497 e. The molecule has 0 saturated carbocycles. The van der Waals surface area contributed by atoms with Crippen molar-refractivity contribution in [3.8, 4) is 28.7 Å². The van der Waals surface area contributed by atoms with Crippen LogP contribution in [0.25, 0.3) is 5.57 Å². The molecule has 1 N–H and O–H groups in total. The fraction of sp³-hybridized carbons (Fsp3) is 0.295. The first-order valence-electron chi connectivity index (χ1n) is 19.0. The van der Waals surface area contributed by atoms with Gasteiger partial charge in [0.2, 0.25) is 5.91 Å². The fourth-order valence-electron chi connectivity index (χ4n) is 7.63. The first-order valence-corrected chi connectivity index (χ1v) is 20.1. The molecule has 0 fully saturated rings. The highest BCUT2D eigenvalue weighted by Crippen LogP contribution is 2.42. The van der Waals surface area contributed by atoms with Crippen molar-refractivity contribution >= 4 is 63.0 Å². The van der Waals surface area contributed by atoms with E-state index in [0.29, 0.717) is 78.0 Å². The Bertz CT molecular complexity index is 2330. The third-order valence-corrected chi connectivity index (χ3v) is 11.2. The third-order valence-electron chi connectivity index (χ3n) is 10.7. The van der Waals surface area contributed by atoms with Gasteiger partial charge in [-0.25, -0.2) is 0 Å². The molecule has 298 valence electrons. The Morgan fingerprint density at radius 3 is 1.95 bits per heavy atom. The molecule has 0 aromatic heterocycles. The van der Waals surface area contributed by atoms with Gasteiger partial charge in [-0.2, -0.15) is 0 Å². The standard InChI is InChI=1S/C44H42BrN5O8/c1-54-33-11-7-27(8-12-33)29-16-32-23-47-37-20-41(39(56-3)18-35(37)44(53)50(32)25-29)58-14-4-13-57-40-19-36-34(17-38(40)55-2)43(52)49-24-28(15-31(49)22-46-36)26-5-9-30(10-6-26)48-42(51)21-45/h5,7-12,17-20,22-26,31-32H,4,6,13-16,21H2,1-3H3,(H,48,51). The number of allylic oxidation sites excluding steroid dienone is 3. The summed E-state index contributed by atoms with van der Waals surface area (Å²) in [5.74, 6) is 2.25. The van der Waals surface area contributed by atoms with Crippen LogP contribution in [0.15, 0.2) is 100 Å². The molecule has 0 radical (unpaired) electrons. The summed E-state index contributed by atoms with van der Waals surface area (Å²) >= 11 is 3.17. The monoisotopic (exact) mass is 847 g/mol. The molecule has 4 aliphatic heterocycles. The number of amides is 3. The van der Waals surface area contributed by atoms with Gasteiger partial charge in [-0.05, 0) is 59.9 Å². The van der Waals surface area contributed by atoms with Gasteiger partial charge in [0.05, 0.1) is 74.5 Å². The molecule has 3 aromatic carbocycles. The van der Waals surface area contributed by atoms with E-state index in [0.717, 1.165) is 34.6 Å². The topological polar surface area (TPSA) is 141 Å². The number of benzene rings is 3. The molecule has 3 amide bonds. The summed E-state index contributed by atoms with van der Waals surface area (Å²) in [6, 6.07) is 14.2. The normalized spacial score (nSPS) is 20.1. The van der Waals surface area contributed by atoms with Gasteiger partial charge in [-0.15, -0.1) is 0 Å². The maximum atomic E-state index is 13.8. The van der Waals surface area contributed by atoms with Crippen molar-refractivity contribution in [2.24, 2.45) is 15.9 Å². The number of carbonyl (C=O) groups excluding carboxylic acids is 3. The molecule has 13 nitrogen and oxygen atoms in total. The molecular weight excluding hydrogens is 806 g/mol. The largest absolute Gasteiger partial charge is 0.497 e. The Labute approximate surface area is 344 Å². The number of nitrogens with one attached hydrogen (secondary N) is 1. The molecule has 3 aromatic rings. The first kappa shape index (κ1) is 38.7. The number of halogens is 1. The van der Waals surface area contributed by atoms with E-state index in [-0.39, 0.29) is 41.1 Å². The van der Waals surface area contributed by atoms with Crippen molar-refractivity contribution in [1.29, 1.82) is 0 Å². The molecular formula is C44H42BrN5O8. The molecule has 14 heteroatoms. The quantitative estimate of drug-likeness (QED) is 0.140. The number of alkyl halides is 1. The maximum absolute atomic E-state index is 13.8. The van der Waals surface area contributed by atoms with Gasteiger partial charge in [-0.1, -0.05) is 40.2 Å². The van der Waals surface area contributed by atoms with Crippen LogP contribution >= 0.6 is 15.9 Å². The van der Waals surface area contributed by atoms with Crippen LogP contribution in [-0.2, 0) is 4.79 Å². The van der Waals surface area contributed by atoms with E-state index in [1.807, 2.05) is 61.2 Å². The highest BCUT2D eigenvalue weighted by molar-refractivity contribution is 9.09. The van der Waals surface area contributed by atoms with Crippen molar-refractivity contribution in [3.63, 3.8) is 0 Å². The number of methoxy groups -OCH3 is 3. The SMILES string of the molecule is COc1ccc(C2=CN3C(=O)c4cc(OC)c(OCCCOc5cc6c(cc5OC)C(=O)N5C=C(C7C=CC(NC(=O)CBr)=CC7)CC5C=N6)cc4N=CC3C2)cc1. The number of hydrogen-bond acceptors (Lipinski definition) is 10. The van der Waals surface area contributed by atoms with Crippen molar-refractivity contribution in [2.75, 3.05) is 39.9 Å². The predicted octanol–water partition coefficient (Wildman–Crippen LogP) is 7.32. The van der Waals surface area contributed by atoms with Crippen molar-refractivity contribution < 1.29 is 38.1 Å². The van der Waals surface area contributed by atoms with Gasteiger partial charge < -0.3 is 38.8 Å². The Morgan fingerprint density at radius 2 is 1.40 bits per heavy atom. The maximum Gasteiger partial charge on any atom is 0.260 e. The molecule has 4 heterocycles. The molecule has 1 aliphatic carbocycles. The summed E-state index contributed by atoms with van der Waals surface area (Å²) in [5.41, 5.74) is 5.84. The van der Waals surface area contributed by atoms with Crippen molar-refractivity contribution in [2.45, 2.75) is 37.8 Å². The summed E-state index contributed by atoms with van der Waals surface area (Å²) < 4.78 is 28.9. The Balaban J connectivity index is 0.884. The predicted molar refractivity (Wildman–Crippen MR) is 223 cm³/mol. The summed E-state index contributed by atoms with van der Waals surface area (Å²) in [5, 5.41) is 3.09. The molecule has 3 unspecified atom stereocenters.